The van der Waals surface area contributed by atoms with E-state index < -0.39 is 6.10 Å². The van der Waals surface area contributed by atoms with E-state index >= 15 is 0 Å². The summed E-state index contributed by atoms with van der Waals surface area (Å²) in [4.78, 5) is 19.1. The van der Waals surface area contributed by atoms with Gasteiger partial charge in [0.1, 0.15) is 11.3 Å². The summed E-state index contributed by atoms with van der Waals surface area (Å²) in [6.45, 7) is 1.62. The van der Waals surface area contributed by atoms with Crippen LogP contribution in [-0.2, 0) is 4.79 Å². The maximum atomic E-state index is 12.5. The zero-order valence-corrected chi connectivity index (χ0v) is 16.4. The number of aliphatic hydroxyl groups is 1. The SMILES string of the molecule is COc1ccc([C@H](O)CNC(=O)C2CCN(c3nc4ccccc4o3)CC2)cc1. The number of rotatable bonds is 6. The summed E-state index contributed by atoms with van der Waals surface area (Å²) in [5, 5.41) is 13.2. The van der Waals surface area contributed by atoms with Crippen molar-refractivity contribution in [3.8, 4) is 5.75 Å². The van der Waals surface area contributed by atoms with Crippen LogP contribution in [0.2, 0.25) is 0 Å². The number of methoxy groups -OCH3 is 1. The van der Waals surface area contributed by atoms with Gasteiger partial charge in [0.25, 0.3) is 6.01 Å². The second-order valence-corrected chi connectivity index (χ2v) is 7.26. The Morgan fingerprint density at radius 1 is 1.24 bits per heavy atom. The first-order chi connectivity index (χ1) is 14.1. The molecular formula is C22H25N3O4. The van der Waals surface area contributed by atoms with Gasteiger partial charge in [-0.15, -0.1) is 0 Å². The molecule has 29 heavy (non-hydrogen) atoms. The topological polar surface area (TPSA) is 87.8 Å². The number of piperidine rings is 1. The van der Waals surface area contributed by atoms with Gasteiger partial charge in [-0.3, -0.25) is 4.79 Å². The number of fused-ring (bicyclic) bond motifs is 1. The average molecular weight is 395 g/mol. The molecule has 1 saturated heterocycles. The molecule has 0 radical (unpaired) electrons. The lowest BCUT2D eigenvalue weighted by atomic mass is 9.96. The molecule has 0 aliphatic carbocycles. The van der Waals surface area contributed by atoms with Gasteiger partial charge in [0.05, 0.1) is 13.2 Å². The summed E-state index contributed by atoms with van der Waals surface area (Å²) in [5.74, 6) is 0.643. The Kier molecular flexibility index (Phi) is 5.67. The number of hydrogen-bond donors (Lipinski definition) is 2. The van der Waals surface area contributed by atoms with Crippen LogP contribution in [0.4, 0.5) is 6.01 Å². The van der Waals surface area contributed by atoms with E-state index in [1.165, 1.54) is 0 Å². The molecule has 1 fully saturated rings. The van der Waals surface area contributed by atoms with Crippen LogP contribution in [0.25, 0.3) is 11.1 Å². The van der Waals surface area contributed by atoms with Crippen molar-refractivity contribution in [2.75, 3.05) is 31.6 Å². The number of carbonyl (C=O) groups is 1. The number of oxazole rings is 1. The zero-order valence-electron chi connectivity index (χ0n) is 16.4. The van der Waals surface area contributed by atoms with Crippen molar-refractivity contribution >= 4 is 23.0 Å². The van der Waals surface area contributed by atoms with Crippen LogP contribution in [-0.4, -0.2) is 42.7 Å². The largest absolute Gasteiger partial charge is 0.497 e. The van der Waals surface area contributed by atoms with Crippen molar-refractivity contribution in [2.45, 2.75) is 18.9 Å². The van der Waals surface area contributed by atoms with Gasteiger partial charge in [-0.25, -0.2) is 0 Å². The molecule has 3 aromatic rings. The van der Waals surface area contributed by atoms with E-state index in [-0.39, 0.29) is 18.4 Å². The normalized spacial score (nSPS) is 16.0. The molecule has 1 aliphatic heterocycles. The Morgan fingerprint density at radius 2 is 1.97 bits per heavy atom. The van der Waals surface area contributed by atoms with Crippen molar-refractivity contribution < 1.29 is 19.1 Å². The van der Waals surface area contributed by atoms with Gasteiger partial charge in [-0.05, 0) is 42.7 Å². The van der Waals surface area contributed by atoms with Crippen LogP contribution in [0.3, 0.4) is 0 Å². The number of para-hydroxylation sites is 2. The Balaban J connectivity index is 1.27. The van der Waals surface area contributed by atoms with Gasteiger partial charge in [0.15, 0.2) is 5.58 Å². The van der Waals surface area contributed by atoms with Gasteiger partial charge < -0.3 is 24.5 Å². The van der Waals surface area contributed by atoms with E-state index in [0.29, 0.717) is 19.1 Å². The van der Waals surface area contributed by atoms with Crippen LogP contribution in [0, 0.1) is 5.92 Å². The van der Waals surface area contributed by atoms with Gasteiger partial charge >= 0.3 is 0 Å². The minimum Gasteiger partial charge on any atom is -0.497 e. The third-order valence-electron chi connectivity index (χ3n) is 5.39. The number of ether oxygens (including phenoxy) is 1. The van der Waals surface area contributed by atoms with Crippen molar-refractivity contribution in [3.05, 3.63) is 54.1 Å². The predicted octanol–water partition coefficient (Wildman–Crippen LogP) is 2.90. The fourth-order valence-electron chi connectivity index (χ4n) is 3.61. The van der Waals surface area contributed by atoms with E-state index in [4.69, 9.17) is 9.15 Å². The van der Waals surface area contributed by atoms with Crippen LogP contribution in [0.5, 0.6) is 5.75 Å². The highest BCUT2D eigenvalue weighted by Gasteiger charge is 2.27. The van der Waals surface area contributed by atoms with Crippen molar-refractivity contribution in [2.24, 2.45) is 5.92 Å². The van der Waals surface area contributed by atoms with Crippen molar-refractivity contribution in [1.29, 1.82) is 0 Å². The first-order valence-electron chi connectivity index (χ1n) is 9.84. The summed E-state index contributed by atoms with van der Waals surface area (Å²) in [6, 6.07) is 15.5. The lowest BCUT2D eigenvalue weighted by Crippen LogP contribution is -2.41. The summed E-state index contributed by atoms with van der Waals surface area (Å²) in [7, 11) is 1.60. The number of anilines is 1. The van der Waals surface area contributed by atoms with Crippen LogP contribution >= 0.6 is 0 Å². The van der Waals surface area contributed by atoms with E-state index in [0.717, 1.165) is 35.3 Å². The number of aliphatic hydroxyl groups excluding tert-OH is 1. The standard InChI is InChI=1S/C22H25N3O4/c1-28-17-8-6-15(7-9-17)19(26)14-23-21(27)16-10-12-25(13-11-16)22-24-18-4-2-3-5-20(18)29-22/h2-9,16,19,26H,10-14H2,1H3,(H,23,27)/t19-/m1/s1. The van der Waals surface area contributed by atoms with Gasteiger partial charge in [0, 0.05) is 25.6 Å². The highest BCUT2D eigenvalue weighted by atomic mass is 16.5. The Hall–Kier alpha value is -3.06. The third kappa shape index (κ3) is 4.35. The number of benzene rings is 2. The number of aromatic nitrogens is 1. The summed E-state index contributed by atoms with van der Waals surface area (Å²) < 4.78 is 10.9. The van der Waals surface area contributed by atoms with Crippen LogP contribution in [0.1, 0.15) is 24.5 Å². The lowest BCUT2D eigenvalue weighted by molar-refractivity contribution is -0.126. The Bertz CT molecular complexity index is 929. The van der Waals surface area contributed by atoms with Gasteiger partial charge in [-0.2, -0.15) is 4.98 Å². The fourth-order valence-corrected chi connectivity index (χ4v) is 3.61. The highest BCUT2D eigenvalue weighted by Crippen LogP contribution is 2.26. The van der Waals surface area contributed by atoms with E-state index in [2.05, 4.69) is 15.2 Å². The smallest absolute Gasteiger partial charge is 0.298 e. The second-order valence-electron chi connectivity index (χ2n) is 7.26. The highest BCUT2D eigenvalue weighted by molar-refractivity contribution is 5.79. The quantitative estimate of drug-likeness (QED) is 0.667. The average Bonchev–Trinajstić information content (AvgIpc) is 3.22. The lowest BCUT2D eigenvalue weighted by Gasteiger charge is -2.30. The summed E-state index contributed by atoms with van der Waals surface area (Å²) >= 11 is 0. The summed E-state index contributed by atoms with van der Waals surface area (Å²) in [5.41, 5.74) is 2.36. The molecule has 152 valence electrons. The fraction of sp³-hybridized carbons (Fsp3) is 0.364. The number of amides is 1. The summed E-state index contributed by atoms with van der Waals surface area (Å²) in [6.07, 6.45) is 0.705. The minimum absolute atomic E-state index is 0.0187. The molecule has 2 heterocycles. The molecule has 1 aromatic heterocycles. The minimum atomic E-state index is -0.746. The molecule has 0 spiro atoms. The first-order valence-corrected chi connectivity index (χ1v) is 9.84. The van der Waals surface area contributed by atoms with E-state index in [1.807, 2.05) is 24.3 Å². The maximum absolute atomic E-state index is 12.5. The molecule has 1 atom stereocenters. The van der Waals surface area contributed by atoms with Gasteiger partial charge in [0.2, 0.25) is 5.91 Å². The predicted molar refractivity (Wildman–Crippen MR) is 110 cm³/mol. The molecular weight excluding hydrogens is 370 g/mol. The number of nitrogens with one attached hydrogen (secondary N) is 1. The Labute approximate surface area is 169 Å². The number of hydrogen-bond acceptors (Lipinski definition) is 6. The number of nitrogens with zero attached hydrogens (tertiary/aromatic N) is 2. The Morgan fingerprint density at radius 3 is 2.66 bits per heavy atom. The van der Waals surface area contributed by atoms with Crippen molar-refractivity contribution in [1.82, 2.24) is 10.3 Å². The molecule has 1 aliphatic rings. The zero-order chi connectivity index (χ0) is 20.2. The first kappa shape index (κ1) is 19.3. The molecule has 0 bridgehead atoms. The number of carbonyl (C=O) groups excluding carboxylic acids is 1. The molecule has 0 unspecified atom stereocenters. The molecule has 4 rings (SSSR count). The second kappa shape index (κ2) is 8.53. The van der Waals surface area contributed by atoms with Crippen LogP contribution < -0.4 is 15.0 Å². The van der Waals surface area contributed by atoms with E-state index in [9.17, 15) is 9.90 Å². The molecule has 1 amide bonds. The molecule has 7 heteroatoms. The maximum Gasteiger partial charge on any atom is 0.298 e. The molecule has 2 aromatic carbocycles. The third-order valence-corrected chi connectivity index (χ3v) is 5.39. The molecule has 0 saturated carbocycles. The molecule has 2 N–H and O–H groups in total. The van der Waals surface area contributed by atoms with Gasteiger partial charge in [-0.1, -0.05) is 24.3 Å². The van der Waals surface area contributed by atoms with Crippen LogP contribution in [0.15, 0.2) is 52.9 Å². The van der Waals surface area contributed by atoms with Crippen molar-refractivity contribution in [3.63, 3.8) is 0 Å². The molecule has 7 nitrogen and oxygen atoms in total. The van der Waals surface area contributed by atoms with E-state index in [1.54, 1.807) is 31.4 Å². The monoisotopic (exact) mass is 395 g/mol.